The number of ether oxygens (including phenoxy) is 1. The smallest absolute Gasteiger partial charge is 0.404 e. The number of carbonyl (C=O) groups is 1. The summed E-state index contributed by atoms with van der Waals surface area (Å²) in [6, 6.07) is 9.18. The number of nitrogens with one attached hydrogen (secondary N) is 2. The molecule has 0 aliphatic carbocycles. The Bertz CT molecular complexity index is 943. The summed E-state index contributed by atoms with van der Waals surface area (Å²) in [6.45, 7) is 0.295. The van der Waals surface area contributed by atoms with Crippen LogP contribution in [-0.2, 0) is 6.54 Å². The Kier molecular flexibility index (Phi) is 5.83. The van der Waals surface area contributed by atoms with Crippen molar-refractivity contribution >= 4 is 23.2 Å². The third-order valence-corrected chi connectivity index (χ3v) is 3.60. The first-order valence-corrected chi connectivity index (χ1v) is 8.05. The maximum Gasteiger partial charge on any atom is 0.404 e. The van der Waals surface area contributed by atoms with Crippen molar-refractivity contribution in [1.82, 2.24) is 15.3 Å². The van der Waals surface area contributed by atoms with E-state index in [1.165, 1.54) is 0 Å². The van der Waals surface area contributed by atoms with Crippen molar-refractivity contribution in [1.29, 1.82) is 0 Å². The Morgan fingerprint density at radius 1 is 1.30 bits per heavy atom. The predicted molar refractivity (Wildman–Crippen MR) is 96.3 cm³/mol. The van der Waals surface area contributed by atoms with Gasteiger partial charge in [0.05, 0.1) is 6.33 Å². The molecule has 0 radical (unpaired) electrons. The number of oxazole rings is 1. The highest BCUT2D eigenvalue weighted by Crippen LogP contribution is 2.24. The molecule has 8 nitrogen and oxygen atoms in total. The number of fused-ring (bicyclic) bond motifs is 1. The monoisotopic (exact) mass is 372 g/mol. The van der Waals surface area contributed by atoms with E-state index in [-0.39, 0.29) is 18.7 Å². The van der Waals surface area contributed by atoms with Crippen molar-refractivity contribution in [2.45, 2.75) is 6.54 Å². The zero-order valence-corrected chi connectivity index (χ0v) is 14.2. The van der Waals surface area contributed by atoms with Crippen LogP contribution in [0.1, 0.15) is 5.56 Å². The van der Waals surface area contributed by atoms with Gasteiger partial charge in [-0.2, -0.15) is 4.98 Å². The van der Waals surface area contributed by atoms with Crippen LogP contribution < -0.4 is 15.4 Å². The van der Waals surface area contributed by atoms with Crippen LogP contribution in [0.25, 0.3) is 11.1 Å². The van der Waals surface area contributed by atoms with Gasteiger partial charge in [-0.1, -0.05) is 0 Å². The van der Waals surface area contributed by atoms with Crippen LogP contribution in [0.4, 0.5) is 15.2 Å². The molecular formula is C18H17FN4O4. The van der Waals surface area contributed by atoms with Crippen LogP contribution in [0.15, 0.2) is 59.0 Å². The van der Waals surface area contributed by atoms with Crippen molar-refractivity contribution in [3.05, 3.63) is 60.2 Å². The van der Waals surface area contributed by atoms with Crippen LogP contribution >= 0.6 is 0 Å². The summed E-state index contributed by atoms with van der Waals surface area (Å²) in [5, 5.41) is 13.7. The first-order chi connectivity index (χ1) is 13.1. The summed E-state index contributed by atoms with van der Waals surface area (Å²) in [4.78, 5) is 18.7. The van der Waals surface area contributed by atoms with Gasteiger partial charge in [-0.25, -0.2) is 9.18 Å². The van der Waals surface area contributed by atoms with Gasteiger partial charge >= 0.3 is 6.09 Å². The quantitative estimate of drug-likeness (QED) is 0.556. The van der Waals surface area contributed by atoms with E-state index in [0.717, 1.165) is 5.56 Å². The van der Waals surface area contributed by atoms with Crippen LogP contribution in [0, 0.1) is 0 Å². The third-order valence-electron chi connectivity index (χ3n) is 3.60. The molecule has 3 N–H and O–H groups in total. The fraction of sp³-hybridized carbons (Fsp3) is 0.167. The molecule has 0 saturated heterocycles. The molecule has 1 amide bonds. The first-order valence-electron chi connectivity index (χ1n) is 8.05. The minimum absolute atomic E-state index is 0.0937. The molecule has 27 heavy (non-hydrogen) atoms. The molecule has 0 fully saturated rings. The highest BCUT2D eigenvalue weighted by atomic mass is 19.1. The van der Waals surface area contributed by atoms with Crippen LogP contribution in [-0.4, -0.2) is 34.3 Å². The molecule has 0 aliphatic heterocycles. The highest BCUT2D eigenvalue weighted by Gasteiger charge is 2.08. The molecule has 2 aromatic heterocycles. The zero-order chi connectivity index (χ0) is 19.1. The average molecular weight is 372 g/mol. The minimum atomic E-state index is -1.23. The molecule has 0 atom stereocenters. The third kappa shape index (κ3) is 5.18. The van der Waals surface area contributed by atoms with E-state index < -0.39 is 6.09 Å². The van der Waals surface area contributed by atoms with Gasteiger partial charge in [-0.15, -0.1) is 0 Å². The molecule has 0 spiro atoms. The van der Waals surface area contributed by atoms with Gasteiger partial charge in [-0.3, -0.25) is 4.98 Å². The Morgan fingerprint density at radius 2 is 2.11 bits per heavy atom. The first kappa shape index (κ1) is 18.2. The number of nitrogens with zero attached hydrogens (tertiary/aromatic N) is 2. The Balaban J connectivity index is 1.60. The second-order valence-electron chi connectivity index (χ2n) is 5.57. The summed E-state index contributed by atoms with van der Waals surface area (Å²) < 4.78 is 23.9. The molecule has 1 aromatic carbocycles. The number of benzene rings is 1. The van der Waals surface area contributed by atoms with E-state index in [4.69, 9.17) is 14.3 Å². The fourth-order valence-corrected chi connectivity index (χ4v) is 2.23. The Hall–Kier alpha value is -3.62. The lowest BCUT2D eigenvalue weighted by Crippen LogP contribution is -2.25. The van der Waals surface area contributed by atoms with Crippen LogP contribution in [0.5, 0.6) is 5.75 Å². The SMILES string of the molecule is O=C(O)NC/C(=C/F)COc1ccc2nc(NCc3ccncc3)oc2c1. The van der Waals surface area contributed by atoms with E-state index in [1.54, 1.807) is 30.6 Å². The zero-order valence-electron chi connectivity index (χ0n) is 14.2. The van der Waals surface area contributed by atoms with Gasteiger partial charge in [0.1, 0.15) is 17.9 Å². The lowest BCUT2D eigenvalue weighted by molar-refractivity contribution is 0.195. The summed E-state index contributed by atoms with van der Waals surface area (Å²) in [5.41, 5.74) is 2.36. The van der Waals surface area contributed by atoms with E-state index in [0.29, 0.717) is 35.7 Å². The summed E-state index contributed by atoms with van der Waals surface area (Å²) in [6.07, 6.45) is 2.51. The van der Waals surface area contributed by atoms with Crippen molar-refractivity contribution < 1.29 is 23.4 Å². The molecule has 2 heterocycles. The Labute approximate surface area is 153 Å². The number of hydrogen-bond donors (Lipinski definition) is 3. The number of hydrogen-bond acceptors (Lipinski definition) is 6. The molecule has 9 heteroatoms. The number of anilines is 1. The van der Waals surface area contributed by atoms with Crippen molar-refractivity contribution in [2.75, 3.05) is 18.5 Å². The summed E-state index contributed by atoms with van der Waals surface area (Å²) in [7, 11) is 0. The fourth-order valence-electron chi connectivity index (χ4n) is 2.23. The van der Waals surface area contributed by atoms with E-state index >= 15 is 0 Å². The number of aromatic nitrogens is 2. The standard InChI is InChI=1S/C18H17FN4O4/c19-8-13(10-22-18(24)25)11-26-14-1-2-15-16(7-14)27-17(23-15)21-9-12-3-5-20-6-4-12/h1-8,22H,9-11H2,(H,21,23)(H,24,25)/b13-8-. The number of amides is 1. The average Bonchev–Trinajstić information content (AvgIpc) is 3.09. The molecule has 3 rings (SSSR count). The predicted octanol–water partition coefficient (Wildman–Crippen LogP) is 3.33. The van der Waals surface area contributed by atoms with Gasteiger partial charge in [0.15, 0.2) is 5.58 Å². The highest BCUT2D eigenvalue weighted by molar-refractivity contribution is 5.76. The van der Waals surface area contributed by atoms with E-state index in [9.17, 15) is 9.18 Å². The lowest BCUT2D eigenvalue weighted by Gasteiger charge is -2.08. The van der Waals surface area contributed by atoms with E-state index in [1.807, 2.05) is 12.1 Å². The van der Waals surface area contributed by atoms with Crippen LogP contribution in [0.3, 0.4) is 0 Å². The maximum atomic E-state index is 12.8. The molecule has 140 valence electrons. The topological polar surface area (TPSA) is 110 Å². The normalized spacial score (nSPS) is 11.4. The molecule has 0 saturated carbocycles. The maximum absolute atomic E-state index is 12.8. The van der Waals surface area contributed by atoms with Gasteiger partial charge < -0.3 is 24.9 Å². The van der Waals surface area contributed by atoms with Crippen molar-refractivity contribution in [2.24, 2.45) is 0 Å². The van der Waals surface area contributed by atoms with Gasteiger partial charge in [0.2, 0.25) is 0 Å². The largest absolute Gasteiger partial charge is 0.489 e. The molecular weight excluding hydrogens is 355 g/mol. The van der Waals surface area contributed by atoms with Crippen molar-refractivity contribution in [3.63, 3.8) is 0 Å². The Morgan fingerprint density at radius 3 is 2.85 bits per heavy atom. The molecule has 3 aromatic rings. The van der Waals surface area contributed by atoms with Gasteiger partial charge in [-0.05, 0) is 29.8 Å². The lowest BCUT2D eigenvalue weighted by atomic mass is 10.3. The minimum Gasteiger partial charge on any atom is -0.489 e. The van der Waals surface area contributed by atoms with Gasteiger partial charge in [0, 0.05) is 37.1 Å². The summed E-state index contributed by atoms with van der Waals surface area (Å²) >= 11 is 0. The number of carboxylic acid groups (broad SMARTS) is 1. The second kappa shape index (κ2) is 8.65. The number of rotatable bonds is 8. The molecule has 0 unspecified atom stereocenters. The van der Waals surface area contributed by atoms with Crippen LogP contribution in [0.2, 0.25) is 0 Å². The van der Waals surface area contributed by atoms with Gasteiger partial charge in [0.25, 0.3) is 6.01 Å². The summed E-state index contributed by atoms with van der Waals surface area (Å²) in [5.74, 6) is 0.453. The van der Waals surface area contributed by atoms with Crippen molar-refractivity contribution in [3.8, 4) is 5.75 Å². The number of halogens is 1. The molecule has 0 aliphatic rings. The van der Waals surface area contributed by atoms with E-state index in [2.05, 4.69) is 20.6 Å². The second-order valence-corrected chi connectivity index (χ2v) is 5.57. The molecule has 0 bridgehead atoms. The number of pyridine rings is 1.